The van der Waals surface area contributed by atoms with E-state index in [2.05, 4.69) is 19.2 Å². The average molecular weight is 627 g/mol. The summed E-state index contributed by atoms with van der Waals surface area (Å²) in [7, 11) is 3.83. The fraction of sp³-hybridized carbons (Fsp3) is 0.917. The van der Waals surface area contributed by atoms with Crippen molar-refractivity contribution in [3.05, 3.63) is 0 Å². The predicted molar refractivity (Wildman–Crippen MR) is 181 cm³/mol. The summed E-state index contributed by atoms with van der Waals surface area (Å²) in [6.07, 6.45) is 26.0. The molecule has 0 atom stereocenters. The van der Waals surface area contributed by atoms with Crippen LogP contribution in [-0.2, 0) is 23.8 Å². The maximum atomic E-state index is 12.3. The largest absolute Gasteiger partial charge is 0.462 e. The Kier molecular flexibility index (Phi) is 31.2. The van der Waals surface area contributed by atoms with Gasteiger partial charge in [0.1, 0.15) is 13.2 Å². The molecule has 0 aromatic heterocycles. The normalized spacial score (nSPS) is 11.2. The highest BCUT2D eigenvalue weighted by atomic mass is 16.6. The Labute approximate surface area is 271 Å². The SMILES string of the molecule is CCCCCCCCCCCCCC(=O)OCC(COC(=O)CCCCCCCCCCCCC)OC(=O)NCCN(C)C. The number of nitrogens with one attached hydrogen (secondary N) is 1. The molecular formula is C36H70N2O6. The third-order valence-electron chi connectivity index (χ3n) is 7.93. The third kappa shape index (κ3) is 31.6. The maximum absolute atomic E-state index is 12.3. The van der Waals surface area contributed by atoms with Crippen LogP contribution in [0.15, 0.2) is 0 Å². The molecular weight excluding hydrogens is 556 g/mol. The number of hydrogen-bond acceptors (Lipinski definition) is 7. The lowest BCUT2D eigenvalue weighted by molar-refractivity contribution is -0.152. The van der Waals surface area contributed by atoms with Gasteiger partial charge in [-0.3, -0.25) is 9.59 Å². The van der Waals surface area contributed by atoms with Crippen LogP contribution in [-0.4, -0.2) is 69.4 Å². The maximum Gasteiger partial charge on any atom is 0.407 e. The van der Waals surface area contributed by atoms with Crippen molar-refractivity contribution in [2.75, 3.05) is 40.4 Å². The number of unbranched alkanes of at least 4 members (excludes halogenated alkanes) is 20. The number of ether oxygens (including phenoxy) is 3. The van der Waals surface area contributed by atoms with Gasteiger partial charge in [-0.1, -0.05) is 142 Å². The lowest BCUT2D eigenvalue weighted by Gasteiger charge is -2.19. The molecule has 44 heavy (non-hydrogen) atoms. The van der Waals surface area contributed by atoms with E-state index in [4.69, 9.17) is 14.2 Å². The third-order valence-corrected chi connectivity index (χ3v) is 7.93. The number of likely N-dealkylation sites (N-methyl/N-ethyl adjacent to an activating group) is 1. The van der Waals surface area contributed by atoms with Crippen LogP contribution in [0.3, 0.4) is 0 Å². The lowest BCUT2D eigenvalue weighted by Crippen LogP contribution is -2.37. The van der Waals surface area contributed by atoms with Gasteiger partial charge in [0.15, 0.2) is 6.10 Å². The summed E-state index contributed by atoms with van der Waals surface area (Å²) in [5.41, 5.74) is 0. The number of rotatable bonds is 32. The monoisotopic (exact) mass is 627 g/mol. The summed E-state index contributed by atoms with van der Waals surface area (Å²) in [4.78, 5) is 38.8. The summed E-state index contributed by atoms with van der Waals surface area (Å²) < 4.78 is 16.2. The first-order chi connectivity index (χ1) is 21.4. The van der Waals surface area contributed by atoms with E-state index in [1.54, 1.807) is 0 Å². The van der Waals surface area contributed by atoms with Gasteiger partial charge in [-0.2, -0.15) is 0 Å². The van der Waals surface area contributed by atoms with E-state index in [9.17, 15) is 14.4 Å². The molecule has 1 amide bonds. The van der Waals surface area contributed by atoms with Gasteiger partial charge < -0.3 is 24.4 Å². The summed E-state index contributed by atoms with van der Waals surface area (Å²) in [5, 5.41) is 2.69. The molecule has 0 heterocycles. The Bertz CT molecular complexity index is 631. The van der Waals surface area contributed by atoms with E-state index in [1.165, 1.54) is 103 Å². The quantitative estimate of drug-likeness (QED) is 0.0452. The number of esters is 2. The van der Waals surface area contributed by atoms with Crippen LogP contribution in [0, 0.1) is 0 Å². The van der Waals surface area contributed by atoms with E-state index >= 15 is 0 Å². The van der Waals surface area contributed by atoms with Crippen molar-refractivity contribution in [2.24, 2.45) is 0 Å². The zero-order chi connectivity index (χ0) is 32.5. The molecule has 0 fully saturated rings. The number of amides is 1. The predicted octanol–water partition coefficient (Wildman–Crippen LogP) is 9.13. The smallest absolute Gasteiger partial charge is 0.407 e. The highest BCUT2D eigenvalue weighted by Gasteiger charge is 2.19. The van der Waals surface area contributed by atoms with Crippen molar-refractivity contribution in [2.45, 2.75) is 174 Å². The van der Waals surface area contributed by atoms with Crippen molar-refractivity contribution in [1.29, 1.82) is 0 Å². The second-order valence-corrected chi connectivity index (χ2v) is 12.7. The molecule has 0 radical (unpaired) electrons. The Hall–Kier alpha value is -1.83. The van der Waals surface area contributed by atoms with Crippen molar-refractivity contribution < 1.29 is 28.6 Å². The van der Waals surface area contributed by atoms with Gasteiger partial charge in [-0.05, 0) is 26.9 Å². The summed E-state index contributed by atoms with van der Waals surface area (Å²) >= 11 is 0. The highest BCUT2D eigenvalue weighted by molar-refractivity contribution is 5.70. The minimum atomic E-state index is -0.836. The number of carbonyl (C=O) groups excluding carboxylic acids is 3. The standard InChI is InChI=1S/C36H70N2O6/c1-5-7-9-11-13-15-17-19-21-23-25-27-34(39)42-31-33(44-36(41)37-29-30-38(3)4)32-43-35(40)28-26-24-22-20-18-16-14-12-10-8-6-2/h33H,5-32H2,1-4H3,(H,37,41). The topological polar surface area (TPSA) is 94.2 Å². The molecule has 0 aliphatic rings. The first-order valence-corrected chi connectivity index (χ1v) is 18.3. The van der Waals surface area contributed by atoms with Crippen molar-refractivity contribution in [1.82, 2.24) is 10.2 Å². The van der Waals surface area contributed by atoms with Crippen LogP contribution < -0.4 is 5.32 Å². The second-order valence-electron chi connectivity index (χ2n) is 12.7. The van der Waals surface area contributed by atoms with E-state index < -0.39 is 12.2 Å². The fourth-order valence-corrected chi connectivity index (χ4v) is 5.07. The van der Waals surface area contributed by atoms with Crippen LogP contribution >= 0.6 is 0 Å². The Balaban J connectivity index is 4.19. The van der Waals surface area contributed by atoms with Crippen LogP contribution in [0.1, 0.15) is 168 Å². The summed E-state index contributed by atoms with van der Waals surface area (Å²) in [6, 6.07) is 0. The second kappa shape index (κ2) is 32.6. The first kappa shape index (κ1) is 42.2. The summed E-state index contributed by atoms with van der Waals surface area (Å²) in [5.74, 6) is -0.621. The Morgan fingerprint density at radius 3 is 1.23 bits per heavy atom. The molecule has 0 aliphatic heterocycles. The van der Waals surface area contributed by atoms with Gasteiger partial charge in [0, 0.05) is 25.9 Å². The molecule has 260 valence electrons. The van der Waals surface area contributed by atoms with E-state index in [-0.39, 0.29) is 25.2 Å². The van der Waals surface area contributed by atoms with Crippen LogP contribution in [0.4, 0.5) is 4.79 Å². The molecule has 0 aromatic rings. The van der Waals surface area contributed by atoms with Crippen LogP contribution in [0.25, 0.3) is 0 Å². The number of carbonyl (C=O) groups is 3. The van der Waals surface area contributed by atoms with Gasteiger partial charge in [0.05, 0.1) is 0 Å². The molecule has 0 aliphatic carbocycles. The van der Waals surface area contributed by atoms with Gasteiger partial charge >= 0.3 is 18.0 Å². The van der Waals surface area contributed by atoms with Crippen LogP contribution in [0.5, 0.6) is 0 Å². The minimum Gasteiger partial charge on any atom is -0.462 e. The molecule has 8 heteroatoms. The van der Waals surface area contributed by atoms with E-state index in [1.807, 2.05) is 19.0 Å². The van der Waals surface area contributed by atoms with Crippen molar-refractivity contribution in [3.8, 4) is 0 Å². The Morgan fingerprint density at radius 1 is 0.545 bits per heavy atom. The van der Waals surface area contributed by atoms with Gasteiger partial charge in [-0.15, -0.1) is 0 Å². The van der Waals surface area contributed by atoms with E-state index in [0.29, 0.717) is 25.9 Å². The number of nitrogens with zero attached hydrogens (tertiary/aromatic N) is 1. The summed E-state index contributed by atoms with van der Waals surface area (Å²) in [6.45, 7) is 5.34. The zero-order valence-corrected chi connectivity index (χ0v) is 29.3. The molecule has 1 N–H and O–H groups in total. The molecule has 0 unspecified atom stereocenters. The molecule has 0 spiro atoms. The van der Waals surface area contributed by atoms with Gasteiger partial charge in [0.2, 0.25) is 0 Å². The molecule has 8 nitrogen and oxygen atoms in total. The van der Waals surface area contributed by atoms with Crippen LogP contribution in [0.2, 0.25) is 0 Å². The van der Waals surface area contributed by atoms with Gasteiger partial charge in [0.25, 0.3) is 0 Å². The molecule has 0 rings (SSSR count). The first-order valence-electron chi connectivity index (χ1n) is 18.3. The van der Waals surface area contributed by atoms with E-state index in [0.717, 1.165) is 38.5 Å². The highest BCUT2D eigenvalue weighted by Crippen LogP contribution is 2.14. The van der Waals surface area contributed by atoms with Crippen molar-refractivity contribution >= 4 is 18.0 Å². The molecule has 0 saturated heterocycles. The van der Waals surface area contributed by atoms with Gasteiger partial charge in [-0.25, -0.2) is 4.79 Å². The average Bonchev–Trinajstić information content (AvgIpc) is 2.99. The zero-order valence-electron chi connectivity index (χ0n) is 29.3. The molecule has 0 bridgehead atoms. The molecule has 0 aromatic carbocycles. The number of alkyl carbamates (subject to hydrolysis) is 1. The number of hydrogen-bond donors (Lipinski definition) is 1. The lowest BCUT2D eigenvalue weighted by atomic mass is 10.1. The minimum absolute atomic E-state index is 0.121. The fourth-order valence-electron chi connectivity index (χ4n) is 5.07. The van der Waals surface area contributed by atoms with Crippen molar-refractivity contribution in [3.63, 3.8) is 0 Å². The molecule has 0 saturated carbocycles. The Morgan fingerprint density at radius 2 is 0.886 bits per heavy atom.